The summed E-state index contributed by atoms with van der Waals surface area (Å²) < 4.78 is 13.0. The summed E-state index contributed by atoms with van der Waals surface area (Å²) in [5.41, 5.74) is -0.141. The molecule has 0 atom stereocenters. The molecule has 3 rings (SSSR count). The van der Waals surface area contributed by atoms with E-state index in [-0.39, 0.29) is 24.3 Å². The minimum atomic E-state index is -0.536. The van der Waals surface area contributed by atoms with E-state index >= 15 is 0 Å². The van der Waals surface area contributed by atoms with Crippen LogP contribution in [-0.4, -0.2) is 29.1 Å². The normalized spacial score (nSPS) is 10.8. The number of aromatic nitrogens is 2. The molecular formula is C20H20N2O5. The third-order valence-corrected chi connectivity index (χ3v) is 4.44. The fraction of sp³-hybridized carbons (Fsp3) is 0.250. The van der Waals surface area contributed by atoms with Crippen LogP contribution in [0.5, 0.6) is 11.5 Å². The zero-order valence-electron chi connectivity index (χ0n) is 15.4. The van der Waals surface area contributed by atoms with Gasteiger partial charge in [0.05, 0.1) is 31.7 Å². The second-order valence-corrected chi connectivity index (χ2v) is 5.93. The molecule has 7 heteroatoms. The van der Waals surface area contributed by atoms with Crippen molar-refractivity contribution < 1.29 is 14.3 Å². The second-order valence-electron chi connectivity index (χ2n) is 5.93. The van der Waals surface area contributed by atoms with E-state index in [2.05, 4.69) is 0 Å². The van der Waals surface area contributed by atoms with E-state index in [0.717, 1.165) is 4.57 Å². The van der Waals surface area contributed by atoms with Crippen molar-refractivity contribution >= 4 is 16.7 Å². The first-order valence-electron chi connectivity index (χ1n) is 8.49. The Hall–Kier alpha value is -3.35. The fourth-order valence-corrected chi connectivity index (χ4v) is 3.03. The molecule has 0 radical (unpaired) electrons. The Bertz CT molecular complexity index is 1110. The summed E-state index contributed by atoms with van der Waals surface area (Å²) in [6.45, 7) is 1.72. The Kier molecular flexibility index (Phi) is 5.12. The number of hydrogen-bond acceptors (Lipinski definition) is 5. The second kappa shape index (κ2) is 7.49. The third kappa shape index (κ3) is 3.23. The monoisotopic (exact) mass is 368 g/mol. The first-order valence-corrected chi connectivity index (χ1v) is 8.49. The van der Waals surface area contributed by atoms with Crippen molar-refractivity contribution in [2.45, 2.75) is 20.0 Å². The topological polar surface area (TPSA) is 79.5 Å². The smallest absolute Gasteiger partial charge is 0.331 e. The fourth-order valence-electron chi connectivity index (χ4n) is 3.03. The van der Waals surface area contributed by atoms with E-state index in [0.29, 0.717) is 22.6 Å². The zero-order valence-corrected chi connectivity index (χ0v) is 15.4. The first kappa shape index (κ1) is 18.4. The molecule has 0 bridgehead atoms. The molecule has 27 heavy (non-hydrogen) atoms. The van der Waals surface area contributed by atoms with E-state index in [1.807, 2.05) is 6.07 Å². The Balaban J connectivity index is 2.28. The standard InChI is InChI=1S/C20H20N2O5/c1-4-21-19(24)14-10-17(26-2)18(27-3)11-15(14)22(20(21)25)12-16(23)13-8-6-5-7-9-13/h5-11H,4,12H2,1-3H3. The van der Waals surface area contributed by atoms with Gasteiger partial charge < -0.3 is 9.47 Å². The summed E-state index contributed by atoms with van der Waals surface area (Å²) in [4.78, 5) is 38.3. The largest absolute Gasteiger partial charge is 0.493 e. The Labute approximate surface area is 155 Å². The summed E-state index contributed by atoms with van der Waals surface area (Å²) in [7, 11) is 2.94. The van der Waals surface area contributed by atoms with E-state index in [9.17, 15) is 14.4 Å². The Morgan fingerprint density at radius 1 is 0.963 bits per heavy atom. The molecule has 0 fully saturated rings. The van der Waals surface area contributed by atoms with E-state index in [4.69, 9.17) is 9.47 Å². The van der Waals surface area contributed by atoms with Gasteiger partial charge in [0.2, 0.25) is 0 Å². The third-order valence-electron chi connectivity index (χ3n) is 4.44. The number of Topliss-reactive ketones (excluding diaryl/α,β-unsaturated/α-hetero) is 1. The van der Waals surface area contributed by atoms with Gasteiger partial charge in [0.1, 0.15) is 0 Å². The quantitative estimate of drug-likeness (QED) is 0.623. The van der Waals surface area contributed by atoms with Crippen LogP contribution in [0.4, 0.5) is 0 Å². The zero-order chi connectivity index (χ0) is 19.6. The van der Waals surface area contributed by atoms with Crippen LogP contribution >= 0.6 is 0 Å². The number of rotatable bonds is 6. The van der Waals surface area contributed by atoms with Gasteiger partial charge in [-0.15, -0.1) is 0 Å². The van der Waals surface area contributed by atoms with Crippen molar-refractivity contribution in [3.8, 4) is 11.5 Å². The van der Waals surface area contributed by atoms with Crippen molar-refractivity contribution in [1.29, 1.82) is 0 Å². The van der Waals surface area contributed by atoms with Gasteiger partial charge in [-0.25, -0.2) is 4.79 Å². The molecule has 0 amide bonds. The number of benzene rings is 2. The van der Waals surface area contributed by atoms with Crippen molar-refractivity contribution in [3.63, 3.8) is 0 Å². The van der Waals surface area contributed by atoms with Crippen LogP contribution in [0.1, 0.15) is 17.3 Å². The van der Waals surface area contributed by atoms with Gasteiger partial charge in [0.15, 0.2) is 17.3 Å². The molecule has 0 N–H and O–H groups in total. The van der Waals surface area contributed by atoms with Gasteiger partial charge in [0, 0.05) is 18.2 Å². The van der Waals surface area contributed by atoms with Crippen molar-refractivity contribution in [2.75, 3.05) is 14.2 Å². The van der Waals surface area contributed by atoms with Crippen LogP contribution in [0, 0.1) is 0 Å². The van der Waals surface area contributed by atoms with Gasteiger partial charge in [-0.2, -0.15) is 0 Å². The predicted octanol–water partition coefficient (Wildman–Crippen LogP) is 2.08. The molecule has 3 aromatic rings. The summed E-state index contributed by atoms with van der Waals surface area (Å²) in [6.07, 6.45) is 0. The predicted molar refractivity (Wildman–Crippen MR) is 102 cm³/mol. The minimum Gasteiger partial charge on any atom is -0.493 e. The maximum atomic E-state index is 12.9. The van der Waals surface area contributed by atoms with E-state index in [1.165, 1.54) is 24.9 Å². The van der Waals surface area contributed by atoms with Crippen molar-refractivity contribution in [3.05, 3.63) is 68.9 Å². The van der Waals surface area contributed by atoms with Gasteiger partial charge in [-0.1, -0.05) is 30.3 Å². The molecule has 7 nitrogen and oxygen atoms in total. The van der Waals surface area contributed by atoms with Crippen LogP contribution < -0.4 is 20.7 Å². The molecule has 0 saturated carbocycles. The molecule has 1 aromatic heterocycles. The summed E-state index contributed by atoms with van der Waals surface area (Å²) in [6, 6.07) is 11.8. The Morgan fingerprint density at radius 3 is 2.19 bits per heavy atom. The van der Waals surface area contributed by atoms with Crippen molar-refractivity contribution in [1.82, 2.24) is 9.13 Å². The number of fused-ring (bicyclic) bond motifs is 1. The average molecular weight is 368 g/mol. The van der Waals surface area contributed by atoms with Crippen LogP contribution in [0.2, 0.25) is 0 Å². The molecular weight excluding hydrogens is 348 g/mol. The molecule has 0 unspecified atom stereocenters. The molecule has 1 heterocycles. The van der Waals surface area contributed by atoms with Crippen LogP contribution in [0.3, 0.4) is 0 Å². The molecule has 140 valence electrons. The minimum absolute atomic E-state index is 0.185. The number of ketones is 1. The van der Waals surface area contributed by atoms with Gasteiger partial charge in [-0.05, 0) is 13.0 Å². The van der Waals surface area contributed by atoms with Crippen LogP contribution in [0.15, 0.2) is 52.1 Å². The number of hydrogen-bond donors (Lipinski definition) is 0. The number of carbonyl (C=O) groups excluding carboxylic acids is 1. The maximum Gasteiger partial charge on any atom is 0.331 e. The molecule has 0 aliphatic carbocycles. The summed E-state index contributed by atoms with van der Waals surface area (Å²) >= 11 is 0. The highest BCUT2D eigenvalue weighted by atomic mass is 16.5. The highest BCUT2D eigenvalue weighted by molar-refractivity contribution is 5.96. The lowest BCUT2D eigenvalue weighted by Gasteiger charge is -2.15. The highest BCUT2D eigenvalue weighted by Crippen LogP contribution is 2.30. The maximum absolute atomic E-state index is 12.9. The Morgan fingerprint density at radius 2 is 1.59 bits per heavy atom. The molecule has 2 aromatic carbocycles. The number of methoxy groups -OCH3 is 2. The number of ether oxygens (including phenoxy) is 2. The lowest BCUT2D eigenvalue weighted by atomic mass is 10.1. The number of nitrogens with zero attached hydrogens (tertiary/aromatic N) is 2. The molecule has 0 saturated heterocycles. The van der Waals surface area contributed by atoms with Gasteiger partial charge in [-0.3, -0.25) is 18.7 Å². The lowest BCUT2D eigenvalue weighted by molar-refractivity contribution is 0.0971. The summed E-state index contributed by atoms with van der Waals surface area (Å²) in [5.74, 6) is 0.526. The average Bonchev–Trinajstić information content (AvgIpc) is 2.71. The van der Waals surface area contributed by atoms with Crippen LogP contribution in [-0.2, 0) is 13.1 Å². The van der Waals surface area contributed by atoms with Gasteiger partial charge in [0.25, 0.3) is 5.56 Å². The van der Waals surface area contributed by atoms with E-state index < -0.39 is 11.2 Å². The lowest BCUT2D eigenvalue weighted by Crippen LogP contribution is -2.40. The van der Waals surface area contributed by atoms with Gasteiger partial charge >= 0.3 is 5.69 Å². The highest BCUT2D eigenvalue weighted by Gasteiger charge is 2.18. The molecule has 0 spiro atoms. The SMILES string of the molecule is CCn1c(=O)c2cc(OC)c(OC)cc2n(CC(=O)c2ccccc2)c1=O. The molecule has 0 aliphatic rings. The number of carbonyl (C=O) groups is 1. The van der Waals surface area contributed by atoms with Crippen LogP contribution in [0.25, 0.3) is 10.9 Å². The van der Waals surface area contributed by atoms with Crippen molar-refractivity contribution in [2.24, 2.45) is 0 Å². The summed E-state index contributed by atoms with van der Waals surface area (Å²) in [5, 5.41) is 0.287. The molecule has 0 aliphatic heterocycles. The first-order chi connectivity index (χ1) is 13.0. The van der Waals surface area contributed by atoms with E-state index in [1.54, 1.807) is 37.3 Å².